The minimum Gasteiger partial charge on any atom is -0.460 e. The van der Waals surface area contributed by atoms with Gasteiger partial charge < -0.3 is 14.8 Å². The minimum absolute atomic E-state index is 0.123. The molecule has 1 aromatic rings. The van der Waals surface area contributed by atoms with Crippen LogP contribution in [0.1, 0.15) is 32.8 Å². The maximum atomic E-state index is 11.4. The van der Waals surface area contributed by atoms with Crippen LogP contribution in [-0.4, -0.2) is 24.2 Å². The highest BCUT2D eigenvalue weighted by atomic mass is 16.6. The van der Waals surface area contributed by atoms with Crippen LogP contribution >= 0.6 is 0 Å². The van der Waals surface area contributed by atoms with E-state index in [1.54, 1.807) is 20.8 Å². The zero-order chi connectivity index (χ0) is 15.0. The first-order chi connectivity index (χ1) is 9.37. The number of carbonyl (C=O) groups is 2. The highest BCUT2D eigenvalue weighted by Crippen LogP contribution is 2.07. The van der Waals surface area contributed by atoms with Gasteiger partial charge in [0.15, 0.2) is 0 Å². The molecule has 1 N–H and O–H groups in total. The zero-order valence-corrected chi connectivity index (χ0v) is 12.1. The summed E-state index contributed by atoms with van der Waals surface area (Å²) in [7, 11) is 0. The van der Waals surface area contributed by atoms with Crippen molar-refractivity contribution in [3.8, 4) is 0 Å². The lowest BCUT2D eigenvalue weighted by Gasteiger charge is -2.19. The Morgan fingerprint density at radius 1 is 1.15 bits per heavy atom. The van der Waals surface area contributed by atoms with E-state index in [2.05, 4.69) is 5.32 Å². The predicted octanol–water partition coefficient (Wildman–Crippen LogP) is 2.64. The van der Waals surface area contributed by atoms with Crippen LogP contribution in [0.15, 0.2) is 30.3 Å². The van der Waals surface area contributed by atoms with E-state index < -0.39 is 11.7 Å². The lowest BCUT2D eigenvalue weighted by molar-refractivity contribution is -0.154. The molecule has 0 radical (unpaired) electrons. The summed E-state index contributed by atoms with van der Waals surface area (Å²) in [6.07, 6.45) is -0.421. The number of ether oxygens (including phenoxy) is 2. The summed E-state index contributed by atoms with van der Waals surface area (Å²) in [5, 5.41) is 2.51. The molecule has 5 heteroatoms. The Morgan fingerprint density at radius 3 is 2.40 bits per heavy atom. The normalized spacial score (nSPS) is 10.8. The van der Waals surface area contributed by atoms with Crippen molar-refractivity contribution in [2.75, 3.05) is 6.54 Å². The summed E-state index contributed by atoms with van der Waals surface area (Å²) in [5.74, 6) is -0.346. The number of hydrogen-bond donors (Lipinski definition) is 1. The van der Waals surface area contributed by atoms with Gasteiger partial charge in [0.05, 0.1) is 6.42 Å². The Labute approximate surface area is 119 Å². The van der Waals surface area contributed by atoms with Crippen LogP contribution in [0.3, 0.4) is 0 Å². The lowest BCUT2D eigenvalue weighted by atomic mass is 10.2. The molecule has 0 aliphatic heterocycles. The molecule has 1 rings (SSSR count). The van der Waals surface area contributed by atoms with Crippen molar-refractivity contribution < 1.29 is 19.1 Å². The highest BCUT2D eigenvalue weighted by molar-refractivity contribution is 5.72. The average molecular weight is 279 g/mol. The second-order valence-electron chi connectivity index (χ2n) is 5.32. The number of carbonyl (C=O) groups excluding carboxylic acids is 2. The van der Waals surface area contributed by atoms with E-state index in [0.717, 1.165) is 5.56 Å². The Kier molecular flexibility index (Phi) is 6.03. The lowest BCUT2D eigenvalue weighted by Crippen LogP contribution is -2.29. The van der Waals surface area contributed by atoms with Crippen molar-refractivity contribution in [3.63, 3.8) is 0 Å². The maximum absolute atomic E-state index is 11.4. The third-order valence-corrected chi connectivity index (χ3v) is 2.23. The molecule has 0 aliphatic rings. The number of nitrogens with one attached hydrogen (secondary N) is 1. The monoisotopic (exact) mass is 279 g/mol. The molecule has 1 aromatic carbocycles. The van der Waals surface area contributed by atoms with Crippen LogP contribution in [0, 0.1) is 0 Å². The maximum Gasteiger partial charge on any atom is 0.407 e. The van der Waals surface area contributed by atoms with E-state index in [-0.39, 0.29) is 25.5 Å². The molecular weight excluding hydrogens is 258 g/mol. The number of esters is 1. The fourth-order valence-corrected chi connectivity index (χ4v) is 1.43. The van der Waals surface area contributed by atoms with Gasteiger partial charge in [-0.05, 0) is 26.3 Å². The number of benzene rings is 1. The molecule has 110 valence electrons. The molecule has 20 heavy (non-hydrogen) atoms. The van der Waals surface area contributed by atoms with Gasteiger partial charge in [0.25, 0.3) is 0 Å². The molecule has 0 bridgehead atoms. The molecular formula is C15H21NO4. The predicted molar refractivity (Wildman–Crippen MR) is 75.1 cm³/mol. The number of rotatable bonds is 5. The first-order valence-electron chi connectivity index (χ1n) is 6.53. The van der Waals surface area contributed by atoms with Crippen molar-refractivity contribution >= 4 is 12.1 Å². The fraction of sp³-hybridized carbons (Fsp3) is 0.467. The number of alkyl carbamates (subject to hydrolysis) is 1. The summed E-state index contributed by atoms with van der Waals surface area (Å²) in [6, 6.07) is 9.38. The largest absolute Gasteiger partial charge is 0.460 e. The fourth-order valence-electron chi connectivity index (χ4n) is 1.43. The summed E-state index contributed by atoms with van der Waals surface area (Å²) >= 11 is 0. The van der Waals surface area contributed by atoms with Crippen molar-refractivity contribution in [2.24, 2.45) is 0 Å². The van der Waals surface area contributed by atoms with E-state index in [0.29, 0.717) is 0 Å². The van der Waals surface area contributed by atoms with Gasteiger partial charge in [-0.2, -0.15) is 0 Å². The van der Waals surface area contributed by atoms with Crippen LogP contribution in [-0.2, 0) is 20.9 Å². The number of amides is 1. The van der Waals surface area contributed by atoms with Crippen LogP contribution < -0.4 is 5.32 Å². The number of hydrogen-bond acceptors (Lipinski definition) is 4. The molecule has 0 saturated heterocycles. The van der Waals surface area contributed by atoms with Crippen LogP contribution in [0.25, 0.3) is 0 Å². The molecule has 0 unspecified atom stereocenters. The molecule has 0 heterocycles. The van der Waals surface area contributed by atoms with Crippen LogP contribution in [0.2, 0.25) is 0 Å². The van der Waals surface area contributed by atoms with Crippen LogP contribution in [0.4, 0.5) is 4.79 Å². The second kappa shape index (κ2) is 7.53. The zero-order valence-electron chi connectivity index (χ0n) is 12.1. The van der Waals surface area contributed by atoms with Gasteiger partial charge in [-0.15, -0.1) is 0 Å². The molecule has 0 spiro atoms. The van der Waals surface area contributed by atoms with Crippen molar-refractivity contribution in [1.29, 1.82) is 0 Å². The quantitative estimate of drug-likeness (QED) is 0.842. The van der Waals surface area contributed by atoms with Crippen molar-refractivity contribution in [1.82, 2.24) is 5.32 Å². The molecule has 0 saturated carbocycles. The van der Waals surface area contributed by atoms with Gasteiger partial charge in [0.2, 0.25) is 0 Å². The van der Waals surface area contributed by atoms with Gasteiger partial charge in [0, 0.05) is 6.54 Å². The highest BCUT2D eigenvalue weighted by Gasteiger charge is 2.16. The average Bonchev–Trinajstić information content (AvgIpc) is 2.35. The summed E-state index contributed by atoms with van der Waals surface area (Å²) in [6.45, 7) is 5.80. The van der Waals surface area contributed by atoms with Crippen LogP contribution in [0.5, 0.6) is 0 Å². The van der Waals surface area contributed by atoms with Gasteiger partial charge in [-0.3, -0.25) is 4.79 Å². The topological polar surface area (TPSA) is 64.6 Å². The third-order valence-electron chi connectivity index (χ3n) is 2.23. The Balaban J connectivity index is 2.16. The summed E-state index contributed by atoms with van der Waals surface area (Å²) < 4.78 is 10.1. The van der Waals surface area contributed by atoms with Gasteiger partial charge >= 0.3 is 12.1 Å². The Hall–Kier alpha value is -2.04. The minimum atomic E-state index is -0.544. The first-order valence-corrected chi connectivity index (χ1v) is 6.53. The van der Waals surface area contributed by atoms with E-state index in [9.17, 15) is 9.59 Å². The molecule has 0 aliphatic carbocycles. The third kappa shape index (κ3) is 7.41. The molecule has 1 amide bonds. The molecule has 0 atom stereocenters. The van der Waals surface area contributed by atoms with Gasteiger partial charge in [0.1, 0.15) is 12.2 Å². The molecule has 0 aromatic heterocycles. The summed E-state index contributed by atoms with van der Waals surface area (Å²) in [5.41, 5.74) is 0.403. The SMILES string of the molecule is CC(C)(C)OC(=O)CCNC(=O)OCc1ccccc1. The molecule has 0 fully saturated rings. The van der Waals surface area contributed by atoms with E-state index in [1.807, 2.05) is 30.3 Å². The van der Waals surface area contributed by atoms with E-state index >= 15 is 0 Å². The van der Waals surface area contributed by atoms with Crippen molar-refractivity contribution in [3.05, 3.63) is 35.9 Å². The van der Waals surface area contributed by atoms with Gasteiger partial charge in [-0.1, -0.05) is 30.3 Å². The standard InChI is InChI=1S/C15H21NO4/c1-15(2,3)20-13(17)9-10-16-14(18)19-11-12-7-5-4-6-8-12/h4-8H,9-11H2,1-3H3,(H,16,18). The van der Waals surface area contributed by atoms with Crippen molar-refractivity contribution in [2.45, 2.75) is 39.4 Å². The van der Waals surface area contributed by atoms with E-state index in [1.165, 1.54) is 0 Å². The Bertz CT molecular complexity index is 437. The smallest absolute Gasteiger partial charge is 0.407 e. The van der Waals surface area contributed by atoms with E-state index in [4.69, 9.17) is 9.47 Å². The first kappa shape index (κ1) is 16.0. The second-order valence-corrected chi connectivity index (χ2v) is 5.32. The molecule has 5 nitrogen and oxygen atoms in total. The Morgan fingerprint density at radius 2 is 1.80 bits per heavy atom. The van der Waals surface area contributed by atoms with Gasteiger partial charge in [-0.25, -0.2) is 4.79 Å². The summed E-state index contributed by atoms with van der Waals surface area (Å²) in [4.78, 5) is 22.8.